The first-order valence-electron chi connectivity index (χ1n) is 4.41. The highest BCUT2D eigenvalue weighted by Gasteiger charge is 2.26. The molecule has 0 bridgehead atoms. The van der Waals surface area contributed by atoms with Crippen LogP contribution < -0.4 is 5.46 Å². The number of rotatable bonds is 2. The quantitative estimate of drug-likeness (QED) is 0.584. The van der Waals surface area contributed by atoms with Crippen LogP contribution in [0.15, 0.2) is 18.2 Å². The van der Waals surface area contributed by atoms with Gasteiger partial charge in [0.2, 0.25) is 0 Å². The van der Waals surface area contributed by atoms with Gasteiger partial charge in [0.1, 0.15) is 0 Å². The first-order chi connectivity index (χ1) is 7.18. The first-order valence-corrected chi connectivity index (χ1v) is 5.16. The Kier molecular flexibility index (Phi) is 3.31. The Bertz CT molecular complexity index is 391. The van der Waals surface area contributed by atoms with Crippen molar-refractivity contribution in [3.63, 3.8) is 0 Å². The van der Waals surface area contributed by atoms with E-state index in [0.717, 1.165) is 5.46 Å². The van der Waals surface area contributed by atoms with Crippen molar-refractivity contribution in [3.05, 3.63) is 28.8 Å². The molecule has 1 aliphatic heterocycles. The third-order valence-electron chi connectivity index (χ3n) is 2.10. The summed E-state index contributed by atoms with van der Waals surface area (Å²) in [5.74, 6) is 0. The number of carbonyl (C=O) groups excluding carboxylic acids is 1. The van der Waals surface area contributed by atoms with Gasteiger partial charge in [-0.3, -0.25) is 4.79 Å². The lowest BCUT2D eigenvalue weighted by atomic mass is 9.79. The summed E-state index contributed by atoms with van der Waals surface area (Å²) in [6.45, 7) is 1.14. The van der Waals surface area contributed by atoms with Crippen LogP contribution in [0, 0.1) is 0 Å². The zero-order chi connectivity index (χ0) is 10.8. The predicted octanol–water partition coefficient (Wildman–Crippen LogP) is 1.46. The second-order valence-electron chi connectivity index (χ2n) is 3.09. The van der Waals surface area contributed by atoms with Crippen molar-refractivity contribution in [2.45, 2.75) is 0 Å². The fourth-order valence-electron chi connectivity index (χ4n) is 1.39. The fourth-order valence-corrected chi connectivity index (χ4v) is 1.88. The molecule has 1 saturated heterocycles. The average Bonchev–Trinajstić information content (AvgIpc) is 2.69. The molecule has 6 heteroatoms. The van der Waals surface area contributed by atoms with Crippen molar-refractivity contribution in [3.8, 4) is 0 Å². The molecule has 0 atom stereocenters. The zero-order valence-electron chi connectivity index (χ0n) is 7.70. The fraction of sp³-hybridized carbons (Fsp3) is 0.222. The van der Waals surface area contributed by atoms with Crippen LogP contribution in [-0.4, -0.2) is 25.6 Å². The maximum atomic E-state index is 10.9. The highest BCUT2D eigenvalue weighted by atomic mass is 35.5. The SMILES string of the molecule is O=C(Cl)c1ccc(B2OCCO2)cc1Cl. The summed E-state index contributed by atoms with van der Waals surface area (Å²) in [7, 11) is -0.387. The van der Waals surface area contributed by atoms with E-state index in [1.807, 2.05) is 0 Å². The molecule has 0 aromatic heterocycles. The van der Waals surface area contributed by atoms with Gasteiger partial charge in [-0.25, -0.2) is 0 Å². The Labute approximate surface area is 97.4 Å². The van der Waals surface area contributed by atoms with Gasteiger partial charge in [-0.1, -0.05) is 17.7 Å². The Morgan fingerprint density at radius 2 is 2.00 bits per heavy atom. The van der Waals surface area contributed by atoms with E-state index in [9.17, 15) is 4.79 Å². The van der Waals surface area contributed by atoms with E-state index < -0.39 is 5.24 Å². The third kappa shape index (κ3) is 2.34. The van der Waals surface area contributed by atoms with Crippen LogP contribution in [-0.2, 0) is 9.31 Å². The molecule has 0 spiro atoms. The number of halogens is 2. The van der Waals surface area contributed by atoms with Crippen molar-refractivity contribution in [2.24, 2.45) is 0 Å². The van der Waals surface area contributed by atoms with Gasteiger partial charge in [0, 0.05) is 0 Å². The summed E-state index contributed by atoms with van der Waals surface area (Å²) in [6, 6.07) is 4.92. The van der Waals surface area contributed by atoms with Crippen molar-refractivity contribution < 1.29 is 14.1 Å². The van der Waals surface area contributed by atoms with Crippen molar-refractivity contribution in [1.29, 1.82) is 0 Å². The van der Waals surface area contributed by atoms with E-state index in [-0.39, 0.29) is 7.12 Å². The van der Waals surface area contributed by atoms with E-state index in [4.69, 9.17) is 32.5 Å². The molecule has 0 radical (unpaired) electrons. The molecule has 1 aromatic rings. The van der Waals surface area contributed by atoms with Gasteiger partial charge in [0.15, 0.2) is 0 Å². The van der Waals surface area contributed by atoms with E-state index in [2.05, 4.69) is 0 Å². The van der Waals surface area contributed by atoms with Crippen LogP contribution in [0.25, 0.3) is 0 Å². The van der Waals surface area contributed by atoms with Gasteiger partial charge >= 0.3 is 7.12 Å². The largest absolute Gasteiger partial charge is 0.494 e. The van der Waals surface area contributed by atoms with Crippen LogP contribution in [0.1, 0.15) is 10.4 Å². The molecule has 1 heterocycles. The van der Waals surface area contributed by atoms with Gasteiger partial charge in [-0.05, 0) is 29.2 Å². The summed E-state index contributed by atoms with van der Waals surface area (Å²) >= 11 is 11.2. The van der Waals surface area contributed by atoms with Gasteiger partial charge in [0.25, 0.3) is 5.24 Å². The van der Waals surface area contributed by atoms with Gasteiger partial charge in [-0.2, -0.15) is 0 Å². The van der Waals surface area contributed by atoms with Crippen LogP contribution in [0.2, 0.25) is 5.02 Å². The molecular weight excluding hydrogens is 238 g/mol. The van der Waals surface area contributed by atoms with Crippen LogP contribution in [0.4, 0.5) is 0 Å². The molecule has 15 heavy (non-hydrogen) atoms. The zero-order valence-corrected chi connectivity index (χ0v) is 9.22. The molecule has 3 nitrogen and oxygen atoms in total. The van der Waals surface area contributed by atoms with Crippen molar-refractivity contribution in [2.75, 3.05) is 13.2 Å². The Morgan fingerprint density at radius 1 is 1.33 bits per heavy atom. The second-order valence-corrected chi connectivity index (χ2v) is 3.84. The molecule has 1 aliphatic rings. The molecular formula is C9H7BCl2O3. The van der Waals surface area contributed by atoms with Crippen LogP contribution in [0.3, 0.4) is 0 Å². The lowest BCUT2D eigenvalue weighted by molar-refractivity contribution is 0.108. The highest BCUT2D eigenvalue weighted by Crippen LogP contribution is 2.17. The van der Waals surface area contributed by atoms with E-state index in [1.54, 1.807) is 18.2 Å². The van der Waals surface area contributed by atoms with Gasteiger partial charge in [-0.15, -0.1) is 0 Å². The molecule has 2 rings (SSSR count). The molecule has 0 saturated carbocycles. The number of carbonyl (C=O) groups is 1. The Morgan fingerprint density at radius 3 is 2.53 bits per heavy atom. The topological polar surface area (TPSA) is 35.5 Å². The second kappa shape index (κ2) is 4.53. The minimum absolute atomic E-state index is 0.292. The molecule has 78 valence electrons. The molecule has 1 fully saturated rings. The van der Waals surface area contributed by atoms with Gasteiger partial charge < -0.3 is 9.31 Å². The van der Waals surface area contributed by atoms with Crippen LogP contribution >= 0.6 is 23.2 Å². The summed E-state index contributed by atoms with van der Waals surface area (Å²) in [4.78, 5) is 10.9. The van der Waals surface area contributed by atoms with Gasteiger partial charge in [0.05, 0.1) is 23.8 Å². The summed E-state index contributed by atoms with van der Waals surface area (Å²) in [6.07, 6.45) is 0. The predicted molar refractivity (Wildman–Crippen MR) is 58.9 cm³/mol. The molecule has 0 unspecified atom stereocenters. The number of hydrogen-bond donors (Lipinski definition) is 0. The number of benzene rings is 1. The summed E-state index contributed by atoms with van der Waals surface area (Å²) in [5, 5.41) is -0.258. The maximum Gasteiger partial charge on any atom is 0.494 e. The van der Waals surface area contributed by atoms with E-state index >= 15 is 0 Å². The Hall–Kier alpha value is -0.545. The van der Waals surface area contributed by atoms with Crippen LogP contribution in [0.5, 0.6) is 0 Å². The maximum absolute atomic E-state index is 10.9. The molecule has 0 amide bonds. The lowest BCUT2D eigenvalue weighted by Crippen LogP contribution is -2.31. The van der Waals surface area contributed by atoms with E-state index in [1.165, 1.54) is 0 Å². The summed E-state index contributed by atoms with van der Waals surface area (Å²) < 4.78 is 10.6. The minimum atomic E-state index is -0.570. The molecule has 0 N–H and O–H groups in total. The van der Waals surface area contributed by atoms with Crippen molar-refractivity contribution >= 4 is 41.0 Å². The molecule has 0 aliphatic carbocycles. The lowest BCUT2D eigenvalue weighted by Gasteiger charge is -2.05. The summed E-state index contributed by atoms with van der Waals surface area (Å²) in [5.41, 5.74) is 1.08. The smallest absolute Gasteiger partial charge is 0.405 e. The highest BCUT2D eigenvalue weighted by molar-refractivity contribution is 6.69. The normalized spacial score (nSPS) is 15.7. The molecule has 1 aromatic carbocycles. The van der Waals surface area contributed by atoms with Crippen molar-refractivity contribution in [1.82, 2.24) is 0 Å². The minimum Gasteiger partial charge on any atom is -0.405 e. The monoisotopic (exact) mass is 244 g/mol. The number of hydrogen-bond acceptors (Lipinski definition) is 3. The first kappa shape index (κ1) is 11.0. The standard InChI is InChI=1S/C9H7BCl2O3/c11-8-5-6(10-14-3-4-15-10)1-2-7(8)9(12)13/h1-2,5H,3-4H2. The van der Waals surface area contributed by atoms with E-state index in [0.29, 0.717) is 23.8 Å². The average molecular weight is 245 g/mol. The Balaban J connectivity index is 2.28. The third-order valence-corrected chi connectivity index (χ3v) is 2.62.